The summed E-state index contributed by atoms with van der Waals surface area (Å²) in [6.45, 7) is 3.76. The minimum absolute atomic E-state index is 0.0560. The number of ether oxygens (including phenoxy) is 2. The van der Waals surface area contributed by atoms with E-state index >= 15 is 0 Å². The van der Waals surface area contributed by atoms with E-state index in [1.807, 2.05) is 36.4 Å². The Labute approximate surface area is 182 Å². The molecule has 0 heterocycles. The molecule has 7 heteroatoms. The van der Waals surface area contributed by atoms with Crippen molar-refractivity contribution in [2.45, 2.75) is 37.4 Å². The number of nitrogens with two attached hydrogens (primary N) is 2. The fraction of sp³-hybridized carbons (Fsp3) is 0.333. The molecule has 0 radical (unpaired) electrons. The van der Waals surface area contributed by atoms with Gasteiger partial charge in [-0.25, -0.2) is 9.59 Å². The Bertz CT molecular complexity index is 883. The Morgan fingerprint density at radius 1 is 1.00 bits per heavy atom. The summed E-state index contributed by atoms with van der Waals surface area (Å²) in [5, 5.41) is 2.62. The van der Waals surface area contributed by atoms with Crippen LogP contribution in [-0.4, -0.2) is 37.5 Å². The number of benzene rings is 2. The van der Waals surface area contributed by atoms with Gasteiger partial charge in [0.15, 0.2) is 0 Å². The van der Waals surface area contributed by atoms with Gasteiger partial charge in [0.25, 0.3) is 0 Å². The molecular weight excluding hydrogens is 394 g/mol. The highest BCUT2D eigenvalue weighted by atomic mass is 16.6. The summed E-state index contributed by atoms with van der Waals surface area (Å²) >= 11 is 0. The standard InChI is InChI=1S/C24H29N3O4/c1-2-14-30-23(28)21(12-7-13-22(25)26)27-24(29)31-15-20-18-10-5-3-8-16(18)17-9-4-6-11-19(17)20/h2-6,8-11,20-22H,1,7,12-15,25-26H2,(H,27,29)/t21-/m0/s1. The van der Waals surface area contributed by atoms with Gasteiger partial charge in [-0.2, -0.15) is 0 Å². The van der Waals surface area contributed by atoms with Crippen LogP contribution in [0.25, 0.3) is 11.1 Å². The van der Waals surface area contributed by atoms with E-state index in [0.29, 0.717) is 19.3 Å². The van der Waals surface area contributed by atoms with Crippen molar-refractivity contribution in [3.8, 4) is 11.1 Å². The number of hydrogen-bond donors (Lipinski definition) is 3. The van der Waals surface area contributed by atoms with Gasteiger partial charge in [0, 0.05) is 5.92 Å². The number of carbonyl (C=O) groups is 2. The highest BCUT2D eigenvalue weighted by Gasteiger charge is 2.30. The van der Waals surface area contributed by atoms with Gasteiger partial charge in [-0.05, 0) is 41.5 Å². The predicted octanol–water partition coefficient (Wildman–Crippen LogP) is 3.04. The maximum absolute atomic E-state index is 12.5. The zero-order valence-corrected chi connectivity index (χ0v) is 17.5. The number of rotatable bonds is 10. The van der Waals surface area contributed by atoms with Crippen molar-refractivity contribution in [3.05, 3.63) is 72.3 Å². The number of carbonyl (C=O) groups excluding carboxylic acids is 2. The first-order valence-electron chi connectivity index (χ1n) is 10.4. The van der Waals surface area contributed by atoms with Gasteiger partial charge in [0.2, 0.25) is 0 Å². The summed E-state index contributed by atoms with van der Waals surface area (Å²) in [4.78, 5) is 24.8. The molecule has 31 heavy (non-hydrogen) atoms. The normalized spacial score (nSPS) is 13.3. The maximum Gasteiger partial charge on any atom is 0.407 e. The van der Waals surface area contributed by atoms with Crippen LogP contribution in [0, 0.1) is 0 Å². The van der Waals surface area contributed by atoms with E-state index < -0.39 is 24.3 Å². The first-order valence-corrected chi connectivity index (χ1v) is 10.4. The van der Waals surface area contributed by atoms with Crippen molar-refractivity contribution in [1.29, 1.82) is 0 Å². The second-order valence-electron chi connectivity index (χ2n) is 7.54. The van der Waals surface area contributed by atoms with Crippen LogP contribution in [0.2, 0.25) is 0 Å². The lowest BCUT2D eigenvalue weighted by atomic mass is 9.98. The van der Waals surface area contributed by atoms with Crippen molar-refractivity contribution < 1.29 is 19.1 Å². The fourth-order valence-corrected chi connectivity index (χ4v) is 3.83. The first kappa shape index (κ1) is 22.5. The Morgan fingerprint density at radius 2 is 1.61 bits per heavy atom. The molecule has 0 aromatic heterocycles. The summed E-state index contributed by atoms with van der Waals surface area (Å²) < 4.78 is 10.6. The molecule has 2 aromatic carbocycles. The molecule has 1 aliphatic rings. The molecule has 5 N–H and O–H groups in total. The molecule has 0 spiro atoms. The van der Waals surface area contributed by atoms with Crippen molar-refractivity contribution >= 4 is 12.1 Å². The lowest BCUT2D eigenvalue weighted by Crippen LogP contribution is -2.43. The van der Waals surface area contributed by atoms with Crippen LogP contribution in [-0.2, 0) is 14.3 Å². The Morgan fingerprint density at radius 3 is 2.19 bits per heavy atom. The van der Waals surface area contributed by atoms with E-state index in [2.05, 4.69) is 24.0 Å². The van der Waals surface area contributed by atoms with Gasteiger partial charge in [-0.15, -0.1) is 0 Å². The second kappa shape index (κ2) is 10.7. The van der Waals surface area contributed by atoms with E-state index in [1.54, 1.807) is 0 Å². The van der Waals surface area contributed by atoms with Gasteiger partial charge in [0.05, 0.1) is 6.17 Å². The molecule has 0 fully saturated rings. The van der Waals surface area contributed by atoms with Crippen molar-refractivity contribution in [2.75, 3.05) is 13.2 Å². The van der Waals surface area contributed by atoms with Gasteiger partial charge < -0.3 is 26.3 Å². The molecule has 7 nitrogen and oxygen atoms in total. The van der Waals surface area contributed by atoms with E-state index in [9.17, 15) is 9.59 Å². The molecule has 164 valence electrons. The molecule has 0 aliphatic heterocycles. The molecule has 0 saturated carbocycles. The zero-order chi connectivity index (χ0) is 22.2. The number of nitrogens with one attached hydrogen (secondary N) is 1. The van der Waals surface area contributed by atoms with Gasteiger partial charge >= 0.3 is 12.1 Å². The molecule has 0 saturated heterocycles. The van der Waals surface area contributed by atoms with Crippen LogP contribution < -0.4 is 16.8 Å². The van der Waals surface area contributed by atoms with Gasteiger partial charge in [0.1, 0.15) is 19.3 Å². The van der Waals surface area contributed by atoms with Crippen LogP contribution in [0.5, 0.6) is 0 Å². The highest BCUT2D eigenvalue weighted by molar-refractivity contribution is 5.82. The van der Waals surface area contributed by atoms with Crippen molar-refractivity contribution in [3.63, 3.8) is 0 Å². The summed E-state index contributed by atoms with van der Waals surface area (Å²) in [6, 6.07) is 15.4. The largest absolute Gasteiger partial charge is 0.460 e. The van der Waals surface area contributed by atoms with Crippen LogP contribution in [0.4, 0.5) is 4.79 Å². The van der Waals surface area contributed by atoms with Crippen LogP contribution in [0.3, 0.4) is 0 Å². The SMILES string of the molecule is C=CCOC(=O)[C@H](CCCC(N)N)NC(=O)OCC1c2ccccc2-c2ccccc21. The monoisotopic (exact) mass is 423 g/mol. The average Bonchev–Trinajstić information content (AvgIpc) is 3.09. The molecule has 1 amide bonds. The van der Waals surface area contributed by atoms with E-state index in [0.717, 1.165) is 22.3 Å². The summed E-state index contributed by atoms with van der Waals surface area (Å²) in [7, 11) is 0. The minimum Gasteiger partial charge on any atom is -0.460 e. The Balaban J connectivity index is 1.63. The van der Waals surface area contributed by atoms with E-state index in [4.69, 9.17) is 20.9 Å². The molecule has 2 aromatic rings. The first-order chi connectivity index (χ1) is 15.0. The van der Waals surface area contributed by atoms with E-state index in [-0.39, 0.29) is 19.1 Å². The fourth-order valence-electron chi connectivity index (χ4n) is 3.83. The van der Waals surface area contributed by atoms with Gasteiger partial charge in [-0.1, -0.05) is 61.2 Å². The van der Waals surface area contributed by atoms with Crippen LogP contribution >= 0.6 is 0 Å². The Kier molecular flexibility index (Phi) is 7.81. The number of hydrogen-bond acceptors (Lipinski definition) is 6. The third-order valence-electron chi connectivity index (χ3n) is 5.29. The van der Waals surface area contributed by atoms with Crippen LogP contribution in [0.1, 0.15) is 36.3 Å². The maximum atomic E-state index is 12.5. The molecule has 1 atom stereocenters. The predicted molar refractivity (Wildman–Crippen MR) is 119 cm³/mol. The Hall–Kier alpha value is -3.16. The molecule has 0 bridgehead atoms. The minimum atomic E-state index is -0.839. The zero-order valence-electron chi connectivity index (χ0n) is 17.5. The molecule has 3 rings (SSSR count). The number of alkyl carbamates (subject to hydrolysis) is 1. The lowest BCUT2D eigenvalue weighted by Gasteiger charge is -2.19. The third kappa shape index (κ3) is 5.71. The number of esters is 1. The second-order valence-corrected chi connectivity index (χ2v) is 7.54. The van der Waals surface area contributed by atoms with Gasteiger partial charge in [-0.3, -0.25) is 0 Å². The molecular formula is C24H29N3O4. The lowest BCUT2D eigenvalue weighted by molar-refractivity contribution is -0.145. The smallest absolute Gasteiger partial charge is 0.407 e. The summed E-state index contributed by atoms with van der Waals surface area (Å²) in [5.74, 6) is -0.599. The number of amides is 1. The topological polar surface area (TPSA) is 117 Å². The number of fused-ring (bicyclic) bond motifs is 3. The van der Waals surface area contributed by atoms with Crippen LogP contribution in [0.15, 0.2) is 61.2 Å². The summed E-state index contributed by atoms with van der Waals surface area (Å²) in [5.41, 5.74) is 15.7. The highest BCUT2D eigenvalue weighted by Crippen LogP contribution is 2.44. The quantitative estimate of drug-likeness (QED) is 0.307. The molecule has 0 unspecified atom stereocenters. The van der Waals surface area contributed by atoms with E-state index in [1.165, 1.54) is 6.08 Å². The van der Waals surface area contributed by atoms with Crippen molar-refractivity contribution in [1.82, 2.24) is 5.32 Å². The molecule has 1 aliphatic carbocycles. The summed E-state index contributed by atoms with van der Waals surface area (Å²) in [6.07, 6.45) is 1.77. The third-order valence-corrected chi connectivity index (χ3v) is 5.29. The average molecular weight is 424 g/mol. The van der Waals surface area contributed by atoms with Crippen molar-refractivity contribution in [2.24, 2.45) is 11.5 Å².